The minimum atomic E-state index is 0.629. The van der Waals surface area contributed by atoms with Gasteiger partial charge in [-0.25, -0.2) is 4.98 Å². The normalized spacial score (nSPS) is 13.4. The second-order valence-corrected chi connectivity index (χ2v) is 6.26. The Kier molecular flexibility index (Phi) is 3.42. The lowest BCUT2D eigenvalue weighted by molar-refractivity contribution is 0.357. The van der Waals surface area contributed by atoms with Crippen molar-refractivity contribution in [2.45, 2.75) is 20.3 Å². The van der Waals surface area contributed by atoms with Crippen LogP contribution in [0.4, 0.5) is 5.13 Å². The maximum absolute atomic E-state index is 5.53. The molecule has 0 saturated heterocycles. The smallest absolute Gasteiger partial charge is 0.183 e. The molecule has 3 rings (SSSR count). The predicted molar refractivity (Wildman–Crippen MR) is 80.1 cm³/mol. The van der Waals surface area contributed by atoms with Crippen molar-refractivity contribution in [3.8, 4) is 16.2 Å². The summed E-state index contributed by atoms with van der Waals surface area (Å²) < 4.78 is 5.53. The zero-order valence-electron chi connectivity index (χ0n) is 11.3. The molecular formula is C15H18N2OS. The molecule has 2 aromatic rings. The largest absolute Gasteiger partial charge is 0.493 e. The van der Waals surface area contributed by atoms with Gasteiger partial charge in [-0.2, -0.15) is 0 Å². The van der Waals surface area contributed by atoms with Gasteiger partial charge in [0.1, 0.15) is 5.75 Å². The van der Waals surface area contributed by atoms with Crippen molar-refractivity contribution in [3.63, 3.8) is 0 Å². The van der Waals surface area contributed by atoms with E-state index in [-0.39, 0.29) is 0 Å². The number of nitrogens with one attached hydrogen (secondary N) is 1. The summed E-state index contributed by atoms with van der Waals surface area (Å²) in [5.41, 5.74) is 2.54. The molecule has 4 heteroatoms. The van der Waals surface area contributed by atoms with Gasteiger partial charge in [-0.05, 0) is 35.2 Å². The van der Waals surface area contributed by atoms with Crippen molar-refractivity contribution in [2.24, 2.45) is 5.92 Å². The van der Waals surface area contributed by atoms with Gasteiger partial charge in [0.25, 0.3) is 0 Å². The van der Waals surface area contributed by atoms with Gasteiger partial charge < -0.3 is 10.1 Å². The average Bonchev–Trinajstić information content (AvgIpc) is 3.04. The van der Waals surface area contributed by atoms with Gasteiger partial charge in [0, 0.05) is 19.2 Å². The van der Waals surface area contributed by atoms with Crippen LogP contribution >= 0.6 is 11.3 Å². The van der Waals surface area contributed by atoms with Gasteiger partial charge in [-0.3, -0.25) is 0 Å². The van der Waals surface area contributed by atoms with E-state index in [4.69, 9.17) is 4.74 Å². The molecule has 0 spiro atoms. The van der Waals surface area contributed by atoms with Crippen LogP contribution in [0.2, 0.25) is 0 Å². The number of benzene rings is 1. The molecule has 19 heavy (non-hydrogen) atoms. The number of hydrogen-bond acceptors (Lipinski definition) is 4. The summed E-state index contributed by atoms with van der Waals surface area (Å²) in [5.74, 6) is 1.66. The number of rotatable bonds is 4. The van der Waals surface area contributed by atoms with Crippen LogP contribution in [0.25, 0.3) is 10.4 Å². The lowest BCUT2D eigenvalue weighted by atomic mass is 10.1. The van der Waals surface area contributed by atoms with Gasteiger partial charge in [0.05, 0.1) is 11.5 Å². The molecule has 1 aliphatic rings. The van der Waals surface area contributed by atoms with Crippen LogP contribution in [-0.2, 0) is 6.42 Å². The number of aromatic nitrogens is 1. The van der Waals surface area contributed by atoms with Crippen molar-refractivity contribution in [3.05, 3.63) is 30.0 Å². The third kappa shape index (κ3) is 2.73. The monoisotopic (exact) mass is 274 g/mol. The van der Waals surface area contributed by atoms with Crippen molar-refractivity contribution < 1.29 is 4.74 Å². The molecule has 0 fully saturated rings. The zero-order valence-corrected chi connectivity index (χ0v) is 12.1. The van der Waals surface area contributed by atoms with Crippen LogP contribution in [0.15, 0.2) is 24.4 Å². The molecule has 1 aromatic carbocycles. The number of fused-ring (bicyclic) bond motifs is 1. The minimum Gasteiger partial charge on any atom is -0.493 e. The second-order valence-electron chi connectivity index (χ2n) is 5.23. The van der Waals surface area contributed by atoms with E-state index in [1.807, 2.05) is 6.20 Å². The lowest BCUT2D eigenvalue weighted by Crippen LogP contribution is -2.07. The first-order valence-electron chi connectivity index (χ1n) is 6.68. The molecule has 0 bridgehead atoms. The van der Waals surface area contributed by atoms with Crippen LogP contribution < -0.4 is 10.1 Å². The predicted octanol–water partition coefficient (Wildman–Crippen LogP) is 3.81. The Hall–Kier alpha value is -1.55. The number of nitrogens with zero attached hydrogens (tertiary/aromatic N) is 1. The number of ether oxygens (including phenoxy) is 1. The quantitative estimate of drug-likeness (QED) is 0.920. The molecule has 100 valence electrons. The molecule has 0 amide bonds. The minimum absolute atomic E-state index is 0.629. The SMILES string of the molecule is CC(C)CNc1ncc(-c2ccc3c(c2)CCO3)s1. The molecule has 0 unspecified atom stereocenters. The summed E-state index contributed by atoms with van der Waals surface area (Å²) >= 11 is 1.71. The fourth-order valence-electron chi connectivity index (χ4n) is 2.12. The van der Waals surface area contributed by atoms with Crippen molar-refractivity contribution in [1.29, 1.82) is 0 Å². The first-order chi connectivity index (χ1) is 9.22. The van der Waals surface area contributed by atoms with Gasteiger partial charge in [0.15, 0.2) is 5.13 Å². The highest BCUT2D eigenvalue weighted by Gasteiger charge is 2.13. The third-order valence-corrected chi connectivity index (χ3v) is 4.15. The molecule has 0 atom stereocenters. The van der Waals surface area contributed by atoms with E-state index in [1.54, 1.807) is 11.3 Å². The summed E-state index contributed by atoms with van der Waals surface area (Å²) in [4.78, 5) is 5.64. The lowest BCUT2D eigenvalue weighted by Gasteiger charge is -2.04. The summed E-state index contributed by atoms with van der Waals surface area (Å²) in [6.07, 6.45) is 2.96. The van der Waals surface area contributed by atoms with E-state index in [0.717, 1.165) is 30.5 Å². The van der Waals surface area contributed by atoms with Crippen molar-refractivity contribution in [1.82, 2.24) is 4.98 Å². The molecule has 3 nitrogen and oxygen atoms in total. The summed E-state index contributed by atoms with van der Waals surface area (Å²) in [7, 11) is 0. The Labute approximate surface area is 117 Å². The maximum atomic E-state index is 5.53. The van der Waals surface area contributed by atoms with Gasteiger partial charge in [-0.1, -0.05) is 25.2 Å². The molecular weight excluding hydrogens is 256 g/mol. The van der Waals surface area contributed by atoms with Crippen LogP contribution in [0.5, 0.6) is 5.75 Å². The fraction of sp³-hybridized carbons (Fsp3) is 0.400. The first kappa shape index (κ1) is 12.5. The molecule has 1 aliphatic heterocycles. The van der Waals surface area contributed by atoms with Crippen molar-refractivity contribution >= 4 is 16.5 Å². The van der Waals surface area contributed by atoms with Crippen LogP contribution in [0, 0.1) is 5.92 Å². The average molecular weight is 274 g/mol. The van der Waals surface area contributed by atoms with Crippen LogP contribution in [0.1, 0.15) is 19.4 Å². The van der Waals surface area contributed by atoms with Gasteiger partial charge in [-0.15, -0.1) is 0 Å². The highest BCUT2D eigenvalue weighted by molar-refractivity contribution is 7.18. The molecule has 0 aliphatic carbocycles. The Morgan fingerprint density at radius 3 is 3.16 bits per heavy atom. The summed E-state index contributed by atoms with van der Waals surface area (Å²) in [6, 6.07) is 6.41. The third-order valence-electron chi connectivity index (χ3n) is 3.14. The van der Waals surface area contributed by atoms with Gasteiger partial charge >= 0.3 is 0 Å². The van der Waals surface area contributed by atoms with E-state index in [0.29, 0.717) is 5.92 Å². The number of hydrogen-bond donors (Lipinski definition) is 1. The number of anilines is 1. The van der Waals surface area contributed by atoms with Crippen LogP contribution in [0.3, 0.4) is 0 Å². The second kappa shape index (κ2) is 5.21. The Morgan fingerprint density at radius 1 is 1.42 bits per heavy atom. The van der Waals surface area contributed by atoms with E-state index in [9.17, 15) is 0 Å². The molecule has 2 heterocycles. The van der Waals surface area contributed by atoms with E-state index in [2.05, 4.69) is 42.3 Å². The van der Waals surface area contributed by atoms with E-state index < -0.39 is 0 Å². The zero-order chi connectivity index (χ0) is 13.2. The molecule has 0 saturated carbocycles. The Morgan fingerprint density at radius 2 is 2.32 bits per heavy atom. The Bertz CT molecular complexity index is 577. The van der Waals surface area contributed by atoms with Gasteiger partial charge in [0.2, 0.25) is 0 Å². The topological polar surface area (TPSA) is 34.2 Å². The number of thiazole rings is 1. The standard InChI is InChI=1S/C15H18N2OS/c1-10(2)8-16-15-17-9-14(19-15)12-3-4-13-11(7-12)5-6-18-13/h3-4,7,9-10H,5-6,8H2,1-2H3,(H,16,17). The van der Waals surface area contributed by atoms with Crippen LogP contribution in [-0.4, -0.2) is 18.1 Å². The van der Waals surface area contributed by atoms with E-state index in [1.165, 1.54) is 16.0 Å². The fourth-order valence-corrected chi connectivity index (χ4v) is 2.94. The molecule has 1 N–H and O–H groups in total. The highest BCUT2D eigenvalue weighted by Crippen LogP contribution is 2.34. The molecule has 1 aromatic heterocycles. The van der Waals surface area contributed by atoms with E-state index >= 15 is 0 Å². The summed E-state index contributed by atoms with van der Waals surface area (Å²) in [6.45, 7) is 6.16. The highest BCUT2D eigenvalue weighted by atomic mass is 32.1. The maximum Gasteiger partial charge on any atom is 0.183 e. The first-order valence-corrected chi connectivity index (χ1v) is 7.50. The molecule has 0 radical (unpaired) electrons. The summed E-state index contributed by atoms with van der Waals surface area (Å²) in [5, 5.41) is 4.37. The van der Waals surface area contributed by atoms with Crippen molar-refractivity contribution in [2.75, 3.05) is 18.5 Å². The Balaban J connectivity index is 1.79.